The van der Waals surface area contributed by atoms with Crippen LogP contribution < -0.4 is 0 Å². The van der Waals surface area contributed by atoms with Gasteiger partial charge < -0.3 is 14.2 Å². The molecule has 0 heterocycles. The summed E-state index contributed by atoms with van der Waals surface area (Å²) in [6.07, 6.45) is 85.2. The molecule has 6 nitrogen and oxygen atoms in total. The lowest BCUT2D eigenvalue weighted by Gasteiger charge is -2.18. The highest BCUT2D eigenvalue weighted by molar-refractivity contribution is 5.71. The third-order valence-electron chi connectivity index (χ3n) is 13.3. The standard InChI is InChI=1S/C69H116O6/c1-4-7-10-13-16-19-22-24-26-28-30-31-32-33-34-35-36-37-38-39-40-42-43-45-47-50-53-56-59-62-68(71)74-65-66(64-73-67(70)61-58-55-52-49-21-18-15-12-9-6-3)75-69(72)63-60-57-54-51-48-46-44-41-29-27-25-23-20-17-14-11-8-5-2/h7,10,16,19,24,26-27,29-31,33-34,36-37,39-40,43,45,66H,4-6,8-9,11-15,17-18,20-23,25,28,32,35,38,41-42,44,46-65H2,1-3H3/b10-7-,19-16-,26-24-,29-27-,31-30-,34-33-,37-36-,40-39-,45-43-. The van der Waals surface area contributed by atoms with E-state index >= 15 is 0 Å². The van der Waals surface area contributed by atoms with Crippen LogP contribution in [0.1, 0.15) is 290 Å². The molecule has 0 radical (unpaired) electrons. The van der Waals surface area contributed by atoms with Crippen molar-refractivity contribution in [1.82, 2.24) is 0 Å². The monoisotopic (exact) mass is 1040 g/mol. The second kappa shape index (κ2) is 62.6. The van der Waals surface area contributed by atoms with Crippen LogP contribution in [0, 0.1) is 0 Å². The normalized spacial score (nSPS) is 12.8. The van der Waals surface area contributed by atoms with Crippen LogP contribution in [0.2, 0.25) is 0 Å². The van der Waals surface area contributed by atoms with Gasteiger partial charge >= 0.3 is 17.9 Å². The van der Waals surface area contributed by atoms with E-state index in [4.69, 9.17) is 14.2 Å². The topological polar surface area (TPSA) is 78.9 Å². The molecule has 0 aromatic rings. The average molecular weight is 1040 g/mol. The highest BCUT2D eigenvalue weighted by atomic mass is 16.6. The molecule has 0 bridgehead atoms. The van der Waals surface area contributed by atoms with Crippen LogP contribution in [0.25, 0.3) is 0 Å². The number of hydrogen-bond donors (Lipinski definition) is 0. The summed E-state index contributed by atoms with van der Waals surface area (Å²) in [5.41, 5.74) is 0. The van der Waals surface area contributed by atoms with Crippen molar-refractivity contribution in [3.05, 3.63) is 109 Å². The van der Waals surface area contributed by atoms with Crippen molar-refractivity contribution < 1.29 is 28.6 Å². The molecule has 6 heteroatoms. The molecule has 0 aliphatic rings. The Morgan fingerprint density at radius 3 is 0.827 bits per heavy atom. The van der Waals surface area contributed by atoms with E-state index in [0.29, 0.717) is 19.3 Å². The Morgan fingerprint density at radius 1 is 0.280 bits per heavy atom. The summed E-state index contributed by atoms with van der Waals surface area (Å²) in [6.45, 7) is 6.50. The molecule has 0 saturated carbocycles. The summed E-state index contributed by atoms with van der Waals surface area (Å²) in [6, 6.07) is 0. The van der Waals surface area contributed by atoms with Crippen molar-refractivity contribution in [3.63, 3.8) is 0 Å². The minimum absolute atomic E-state index is 0.0866. The Labute approximate surface area is 463 Å². The predicted octanol–water partition coefficient (Wildman–Crippen LogP) is 21.4. The molecule has 0 aromatic carbocycles. The third kappa shape index (κ3) is 60.8. The van der Waals surface area contributed by atoms with Crippen molar-refractivity contribution in [2.24, 2.45) is 0 Å². The quantitative estimate of drug-likeness (QED) is 0.0261. The summed E-state index contributed by atoms with van der Waals surface area (Å²) in [7, 11) is 0. The number of rotatable bonds is 56. The minimum atomic E-state index is -0.791. The first-order valence-corrected chi connectivity index (χ1v) is 31.4. The van der Waals surface area contributed by atoms with Gasteiger partial charge in [0.05, 0.1) is 0 Å². The molecular formula is C69H116O6. The van der Waals surface area contributed by atoms with Crippen LogP contribution in [-0.4, -0.2) is 37.2 Å². The Bertz CT molecular complexity index is 1520. The molecule has 428 valence electrons. The largest absolute Gasteiger partial charge is 0.462 e. The maximum atomic E-state index is 12.9. The van der Waals surface area contributed by atoms with Gasteiger partial charge in [0.25, 0.3) is 0 Å². The first kappa shape index (κ1) is 71.1. The van der Waals surface area contributed by atoms with Crippen LogP contribution in [0.5, 0.6) is 0 Å². The van der Waals surface area contributed by atoms with Gasteiger partial charge in [0.2, 0.25) is 0 Å². The molecule has 1 unspecified atom stereocenters. The summed E-state index contributed by atoms with van der Waals surface area (Å²) in [5, 5.41) is 0. The lowest BCUT2D eigenvalue weighted by molar-refractivity contribution is -0.167. The zero-order chi connectivity index (χ0) is 54.3. The van der Waals surface area contributed by atoms with Crippen LogP contribution in [0.3, 0.4) is 0 Å². The van der Waals surface area contributed by atoms with E-state index < -0.39 is 6.10 Å². The van der Waals surface area contributed by atoms with E-state index in [1.807, 2.05) is 0 Å². The summed E-state index contributed by atoms with van der Waals surface area (Å²) >= 11 is 0. The van der Waals surface area contributed by atoms with Gasteiger partial charge in [0.15, 0.2) is 6.10 Å². The average Bonchev–Trinajstić information content (AvgIpc) is 3.41. The highest BCUT2D eigenvalue weighted by Crippen LogP contribution is 2.15. The number of esters is 3. The lowest BCUT2D eigenvalue weighted by Crippen LogP contribution is -2.30. The van der Waals surface area contributed by atoms with Crippen molar-refractivity contribution >= 4 is 17.9 Å². The van der Waals surface area contributed by atoms with Crippen LogP contribution in [0.4, 0.5) is 0 Å². The molecule has 0 saturated heterocycles. The van der Waals surface area contributed by atoms with E-state index in [9.17, 15) is 14.4 Å². The Hall–Kier alpha value is -3.93. The maximum Gasteiger partial charge on any atom is 0.306 e. The van der Waals surface area contributed by atoms with E-state index in [2.05, 4.69) is 130 Å². The zero-order valence-corrected chi connectivity index (χ0v) is 49.0. The highest BCUT2D eigenvalue weighted by Gasteiger charge is 2.19. The molecule has 0 N–H and O–H groups in total. The second-order valence-corrected chi connectivity index (χ2v) is 20.6. The number of unbranched alkanes of at least 4 members (excludes halogenated alkanes) is 27. The molecule has 0 rings (SSSR count). The second-order valence-electron chi connectivity index (χ2n) is 20.6. The number of hydrogen-bond acceptors (Lipinski definition) is 6. The molecule has 1 atom stereocenters. The van der Waals surface area contributed by atoms with E-state index in [1.165, 1.54) is 128 Å². The lowest BCUT2D eigenvalue weighted by atomic mass is 10.1. The summed E-state index contributed by atoms with van der Waals surface area (Å²) in [4.78, 5) is 38.2. The Morgan fingerprint density at radius 2 is 0.520 bits per heavy atom. The third-order valence-corrected chi connectivity index (χ3v) is 13.3. The molecular weight excluding hydrogens is 925 g/mol. The van der Waals surface area contributed by atoms with Crippen LogP contribution in [-0.2, 0) is 28.6 Å². The van der Waals surface area contributed by atoms with E-state index in [1.54, 1.807) is 0 Å². The van der Waals surface area contributed by atoms with Crippen molar-refractivity contribution in [2.45, 2.75) is 297 Å². The first-order valence-electron chi connectivity index (χ1n) is 31.4. The maximum absolute atomic E-state index is 12.9. The number of carbonyl (C=O) groups is 3. The molecule has 0 aliphatic carbocycles. The van der Waals surface area contributed by atoms with Crippen LogP contribution in [0.15, 0.2) is 109 Å². The minimum Gasteiger partial charge on any atom is -0.462 e. The fourth-order valence-electron chi connectivity index (χ4n) is 8.57. The van der Waals surface area contributed by atoms with Gasteiger partial charge in [-0.05, 0) is 109 Å². The zero-order valence-electron chi connectivity index (χ0n) is 49.0. The fourth-order valence-corrected chi connectivity index (χ4v) is 8.57. The molecule has 0 fully saturated rings. The van der Waals surface area contributed by atoms with Gasteiger partial charge in [0.1, 0.15) is 13.2 Å². The molecule has 0 aliphatic heterocycles. The summed E-state index contributed by atoms with van der Waals surface area (Å²) in [5.74, 6) is -0.913. The van der Waals surface area contributed by atoms with Gasteiger partial charge in [0, 0.05) is 19.3 Å². The van der Waals surface area contributed by atoms with E-state index in [-0.39, 0.29) is 31.1 Å². The smallest absolute Gasteiger partial charge is 0.306 e. The number of ether oxygens (including phenoxy) is 3. The first-order chi connectivity index (χ1) is 37.0. The Balaban J connectivity index is 4.32. The van der Waals surface area contributed by atoms with Crippen LogP contribution >= 0.6 is 0 Å². The van der Waals surface area contributed by atoms with Crippen molar-refractivity contribution in [1.29, 1.82) is 0 Å². The number of carbonyl (C=O) groups excluding carboxylic acids is 3. The van der Waals surface area contributed by atoms with Gasteiger partial charge in [-0.25, -0.2) is 0 Å². The van der Waals surface area contributed by atoms with Gasteiger partial charge in [-0.15, -0.1) is 0 Å². The van der Waals surface area contributed by atoms with Gasteiger partial charge in [-0.1, -0.05) is 271 Å². The van der Waals surface area contributed by atoms with Crippen molar-refractivity contribution in [2.75, 3.05) is 13.2 Å². The predicted molar refractivity (Wildman–Crippen MR) is 325 cm³/mol. The van der Waals surface area contributed by atoms with Gasteiger partial charge in [-0.3, -0.25) is 14.4 Å². The molecule has 0 amide bonds. The van der Waals surface area contributed by atoms with Crippen molar-refractivity contribution in [3.8, 4) is 0 Å². The Kier molecular flexibility index (Phi) is 59.3. The SMILES string of the molecule is CC/C=C\C/C=C\C/C=C\C/C=C\C/C=C\C/C=C\C/C=C\C/C=C\CCCCCCC(=O)OCC(COC(=O)CCCCCCCCCCCC)OC(=O)CCCCCCCCC/C=C\CCCCCCCCC. The van der Waals surface area contributed by atoms with E-state index in [0.717, 1.165) is 122 Å². The molecule has 0 spiro atoms. The summed E-state index contributed by atoms with van der Waals surface area (Å²) < 4.78 is 16.9. The molecule has 75 heavy (non-hydrogen) atoms. The fraction of sp³-hybridized carbons (Fsp3) is 0.696. The number of allylic oxidation sites excluding steroid dienone is 18. The van der Waals surface area contributed by atoms with Gasteiger partial charge in [-0.2, -0.15) is 0 Å². The molecule has 0 aromatic heterocycles.